The molecule has 0 spiro atoms. The summed E-state index contributed by atoms with van der Waals surface area (Å²) in [6.45, 7) is 6.85. The zero-order valence-corrected chi connectivity index (χ0v) is 17.3. The molecular weight excluding hydrogens is 376 g/mol. The SMILES string of the molecule is Cc1cc(NC(=O)c2cccc(S(=O)(=O)N3CCCCC3)c2)nc(C(C)C)n1. The molecule has 0 aliphatic carbocycles. The summed E-state index contributed by atoms with van der Waals surface area (Å²) in [4.78, 5) is 21.6. The van der Waals surface area contributed by atoms with Gasteiger partial charge in [-0.05, 0) is 38.0 Å². The van der Waals surface area contributed by atoms with Gasteiger partial charge >= 0.3 is 0 Å². The monoisotopic (exact) mass is 402 g/mol. The first kappa shape index (κ1) is 20.4. The van der Waals surface area contributed by atoms with E-state index in [2.05, 4.69) is 15.3 Å². The molecule has 0 bridgehead atoms. The molecule has 1 N–H and O–H groups in total. The van der Waals surface area contributed by atoms with Crippen molar-refractivity contribution in [3.8, 4) is 0 Å². The first-order valence-electron chi connectivity index (χ1n) is 9.54. The summed E-state index contributed by atoms with van der Waals surface area (Å²) < 4.78 is 27.2. The van der Waals surface area contributed by atoms with Crippen molar-refractivity contribution in [2.24, 2.45) is 0 Å². The van der Waals surface area contributed by atoms with Crippen LogP contribution in [-0.2, 0) is 10.0 Å². The maximum absolute atomic E-state index is 12.9. The van der Waals surface area contributed by atoms with Crippen molar-refractivity contribution in [2.45, 2.75) is 50.8 Å². The minimum absolute atomic E-state index is 0.133. The molecule has 1 amide bonds. The molecular formula is C20H26N4O3S. The van der Waals surface area contributed by atoms with Crippen molar-refractivity contribution in [2.75, 3.05) is 18.4 Å². The van der Waals surface area contributed by atoms with Crippen LogP contribution >= 0.6 is 0 Å². The van der Waals surface area contributed by atoms with Crippen LogP contribution in [0.15, 0.2) is 35.2 Å². The zero-order valence-electron chi connectivity index (χ0n) is 16.5. The van der Waals surface area contributed by atoms with E-state index in [1.54, 1.807) is 18.2 Å². The van der Waals surface area contributed by atoms with Crippen LogP contribution in [0, 0.1) is 6.92 Å². The van der Waals surface area contributed by atoms with Gasteiger partial charge in [0, 0.05) is 36.3 Å². The zero-order chi connectivity index (χ0) is 20.3. The topological polar surface area (TPSA) is 92.3 Å². The minimum atomic E-state index is -3.59. The van der Waals surface area contributed by atoms with Crippen molar-refractivity contribution < 1.29 is 13.2 Å². The molecule has 1 fully saturated rings. The molecule has 1 aliphatic heterocycles. The number of hydrogen-bond acceptors (Lipinski definition) is 5. The number of benzene rings is 1. The van der Waals surface area contributed by atoms with Crippen molar-refractivity contribution in [3.63, 3.8) is 0 Å². The van der Waals surface area contributed by atoms with Crippen LogP contribution < -0.4 is 5.32 Å². The van der Waals surface area contributed by atoms with E-state index in [4.69, 9.17) is 0 Å². The van der Waals surface area contributed by atoms with Gasteiger partial charge in [-0.3, -0.25) is 4.79 Å². The third kappa shape index (κ3) is 4.56. The molecule has 0 radical (unpaired) electrons. The van der Waals surface area contributed by atoms with Gasteiger partial charge in [0.2, 0.25) is 10.0 Å². The third-order valence-corrected chi connectivity index (χ3v) is 6.57. The minimum Gasteiger partial charge on any atom is -0.306 e. The maximum atomic E-state index is 12.9. The predicted molar refractivity (Wildman–Crippen MR) is 108 cm³/mol. The fourth-order valence-corrected chi connectivity index (χ4v) is 4.72. The molecule has 1 aliphatic rings. The number of hydrogen-bond donors (Lipinski definition) is 1. The van der Waals surface area contributed by atoms with E-state index in [9.17, 15) is 13.2 Å². The van der Waals surface area contributed by atoms with Gasteiger partial charge in [0.05, 0.1) is 4.90 Å². The Balaban J connectivity index is 1.83. The summed E-state index contributed by atoms with van der Waals surface area (Å²) in [7, 11) is -3.59. The Morgan fingerprint density at radius 1 is 1.11 bits per heavy atom. The highest BCUT2D eigenvalue weighted by molar-refractivity contribution is 7.89. The number of anilines is 1. The Bertz CT molecular complexity index is 967. The fourth-order valence-electron chi connectivity index (χ4n) is 3.15. The molecule has 0 saturated carbocycles. The van der Waals surface area contributed by atoms with Crippen LogP contribution in [0.4, 0.5) is 5.82 Å². The summed E-state index contributed by atoms with van der Waals surface area (Å²) in [5.41, 5.74) is 1.04. The second-order valence-corrected chi connectivity index (χ2v) is 9.29. The number of aryl methyl sites for hydroxylation is 1. The second-order valence-electron chi connectivity index (χ2n) is 7.35. The van der Waals surface area contributed by atoms with Gasteiger partial charge in [0.25, 0.3) is 5.91 Å². The highest BCUT2D eigenvalue weighted by Gasteiger charge is 2.26. The van der Waals surface area contributed by atoms with Gasteiger partial charge in [-0.25, -0.2) is 18.4 Å². The quantitative estimate of drug-likeness (QED) is 0.828. The molecule has 2 heterocycles. The van der Waals surface area contributed by atoms with E-state index < -0.39 is 15.9 Å². The molecule has 0 unspecified atom stereocenters. The molecule has 7 nitrogen and oxygen atoms in total. The van der Waals surface area contributed by atoms with E-state index in [0.717, 1.165) is 25.0 Å². The van der Waals surface area contributed by atoms with Crippen molar-refractivity contribution in [3.05, 3.63) is 47.4 Å². The van der Waals surface area contributed by atoms with Crippen LogP contribution in [0.5, 0.6) is 0 Å². The number of sulfonamides is 1. The van der Waals surface area contributed by atoms with Crippen LogP contribution in [0.25, 0.3) is 0 Å². The predicted octanol–water partition coefficient (Wildman–Crippen LogP) is 3.34. The smallest absolute Gasteiger partial charge is 0.256 e. The van der Waals surface area contributed by atoms with E-state index in [1.165, 1.54) is 16.4 Å². The largest absolute Gasteiger partial charge is 0.306 e. The number of nitrogens with one attached hydrogen (secondary N) is 1. The molecule has 0 atom stereocenters. The average molecular weight is 403 g/mol. The molecule has 2 aromatic rings. The van der Waals surface area contributed by atoms with Gasteiger partial charge in [0.1, 0.15) is 11.6 Å². The first-order valence-corrected chi connectivity index (χ1v) is 11.0. The summed E-state index contributed by atoms with van der Waals surface area (Å²) in [5.74, 6) is 0.791. The lowest BCUT2D eigenvalue weighted by atomic mass is 10.2. The molecule has 8 heteroatoms. The van der Waals surface area contributed by atoms with E-state index in [1.807, 2.05) is 20.8 Å². The van der Waals surface area contributed by atoms with Crippen LogP contribution in [0.2, 0.25) is 0 Å². The molecule has 1 saturated heterocycles. The maximum Gasteiger partial charge on any atom is 0.256 e. The number of carbonyl (C=O) groups excluding carboxylic acids is 1. The van der Waals surface area contributed by atoms with E-state index in [0.29, 0.717) is 24.7 Å². The van der Waals surface area contributed by atoms with E-state index in [-0.39, 0.29) is 16.4 Å². The number of aromatic nitrogens is 2. The Morgan fingerprint density at radius 2 is 1.82 bits per heavy atom. The molecule has 150 valence electrons. The lowest BCUT2D eigenvalue weighted by Gasteiger charge is -2.26. The van der Waals surface area contributed by atoms with Crippen molar-refractivity contribution in [1.29, 1.82) is 0 Å². The summed E-state index contributed by atoms with van der Waals surface area (Å²) in [6, 6.07) is 7.85. The Labute approximate surface area is 166 Å². The lowest BCUT2D eigenvalue weighted by molar-refractivity contribution is 0.102. The Morgan fingerprint density at radius 3 is 2.50 bits per heavy atom. The van der Waals surface area contributed by atoms with Gasteiger partial charge in [0.15, 0.2) is 0 Å². The van der Waals surface area contributed by atoms with Gasteiger partial charge < -0.3 is 5.32 Å². The number of rotatable bonds is 5. The van der Waals surface area contributed by atoms with E-state index >= 15 is 0 Å². The Hall–Kier alpha value is -2.32. The number of amides is 1. The molecule has 3 rings (SSSR count). The summed E-state index contributed by atoms with van der Waals surface area (Å²) >= 11 is 0. The summed E-state index contributed by atoms with van der Waals surface area (Å²) in [5, 5.41) is 2.75. The Kier molecular flexibility index (Phi) is 6.10. The molecule has 1 aromatic carbocycles. The molecule has 28 heavy (non-hydrogen) atoms. The highest BCUT2D eigenvalue weighted by atomic mass is 32.2. The normalized spacial score (nSPS) is 15.6. The number of piperidine rings is 1. The lowest BCUT2D eigenvalue weighted by Crippen LogP contribution is -2.35. The van der Waals surface area contributed by atoms with Crippen molar-refractivity contribution in [1.82, 2.24) is 14.3 Å². The average Bonchev–Trinajstić information content (AvgIpc) is 2.68. The van der Waals surface area contributed by atoms with Gasteiger partial charge in [-0.15, -0.1) is 0 Å². The van der Waals surface area contributed by atoms with Gasteiger partial charge in [-0.1, -0.05) is 26.3 Å². The van der Waals surface area contributed by atoms with Crippen molar-refractivity contribution >= 4 is 21.7 Å². The van der Waals surface area contributed by atoms with Crippen LogP contribution in [-0.4, -0.2) is 41.7 Å². The fraction of sp³-hybridized carbons (Fsp3) is 0.450. The van der Waals surface area contributed by atoms with Crippen LogP contribution in [0.1, 0.15) is 60.9 Å². The van der Waals surface area contributed by atoms with Gasteiger partial charge in [-0.2, -0.15) is 4.31 Å². The molecule has 1 aromatic heterocycles. The first-order chi connectivity index (χ1) is 13.3. The number of carbonyl (C=O) groups is 1. The second kappa shape index (κ2) is 8.36. The summed E-state index contributed by atoms with van der Waals surface area (Å²) in [6.07, 6.45) is 2.78. The standard InChI is InChI=1S/C20H26N4O3S/c1-14(2)19-21-15(3)12-18(22-19)23-20(25)16-8-7-9-17(13-16)28(26,27)24-10-5-4-6-11-24/h7-9,12-14H,4-6,10-11H2,1-3H3,(H,21,22,23,25). The number of nitrogens with zero attached hydrogens (tertiary/aromatic N) is 3. The highest BCUT2D eigenvalue weighted by Crippen LogP contribution is 2.22. The third-order valence-electron chi connectivity index (χ3n) is 4.68. The van der Waals surface area contributed by atoms with Crippen LogP contribution in [0.3, 0.4) is 0 Å².